The molecule has 0 atom stereocenters. The van der Waals surface area contributed by atoms with Gasteiger partial charge >= 0.3 is 11.9 Å². The third-order valence-corrected chi connectivity index (χ3v) is 11.6. The van der Waals surface area contributed by atoms with Crippen molar-refractivity contribution < 1.29 is 19.8 Å². The van der Waals surface area contributed by atoms with Crippen molar-refractivity contribution in [2.75, 3.05) is 0 Å². The van der Waals surface area contributed by atoms with E-state index in [0.29, 0.717) is 0 Å². The van der Waals surface area contributed by atoms with Crippen LogP contribution in [0.1, 0.15) is 20.7 Å². The van der Waals surface area contributed by atoms with Gasteiger partial charge in [-0.3, -0.25) is 0 Å². The molecule has 0 aliphatic carbocycles. The van der Waals surface area contributed by atoms with Crippen LogP contribution < -0.4 is 20.7 Å². The van der Waals surface area contributed by atoms with E-state index >= 15 is 0 Å². The lowest BCUT2D eigenvalue weighted by atomic mass is 10.2. The molecular formula is C26H18Cl2O4Si. The molecule has 0 fully saturated rings. The first-order chi connectivity index (χ1) is 15.9. The maximum Gasteiger partial charge on any atom is 0.337 e. The van der Waals surface area contributed by atoms with Gasteiger partial charge in [-0.15, -0.1) is 0 Å². The van der Waals surface area contributed by atoms with Crippen molar-refractivity contribution in [1.82, 2.24) is 0 Å². The summed E-state index contributed by atoms with van der Waals surface area (Å²) in [6, 6.07) is 29.6. The minimum Gasteiger partial charge on any atom is -0.478 e. The number of hydrogen-bond donors (Lipinski definition) is 2. The van der Waals surface area contributed by atoms with Gasteiger partial charge in [0.05, 0.1) is 21.2 Å². The topological polar surface area (TPSA) is 74.6 Å². The van der Waals surface area contributed by atoms with Crippen LogP contribution in [-0.4, -0.2) is 30.2 Å². The van der Waals surface area contributed by atoms with Gasteiger partial charge in [0.15, 0.2) is 8.07 Å². The molecule has 33 heavy (non-hydrogen) atoms. The molecule has 0 radical (unpaired) electrons. The van der Waals surface area contributed by atoms with Gasteiger partial charge in [0, 0.05) is 0 Å². The van der Waals surface area contributed by atoms with E-state index in [1.54, 1.807) is 18.2 Å². The lowest BCUT2D eigenvalue weighted by Gasteiger charge is -2.35. The Balaban J connectivity index is 2.15. The monoisotopic (exact) mass is 492 g/mol. The SMILES string of the molecule is O=C(O)c1ccc([Si](c2ccccc2)(c2ccccc2)c2ccc(C(=O)O)c(Cl)c2Cl)cc1. The first kappa shape index (κ1) is 22.8. The molecule has 4 aromatic carbocycles. The average Bonchev–Trinajstić information content (AvgIpc) is 2.83. The smallest absolute Gasteiger partial charge is 0.337 e. The van der Waals surface area contributed by atoms with Crippen molar-refractivity contribution in [3.8, 4) is 0 Å². The maximum absolute atomic E-state index is 11.7. The number of rotatable bonds is 6. The summed E-state index contributed by atoms with van der Waals surface area (Å²) in [5, 5.41) is 22.7. The summed E-state index contributed by atoms with van der Waals surface area (Å²) in [6.45, 7) is 0. The first-order valence-electron chi connectivity index (χ1n) is 10.0. The fourth-order valence-corrected chi connectivity index (χ4v) is 9.90. The van der Waals surface area contributed by atoms with Crippen LogP contribution >= 0.6 is 23.2 Å². The molecule has 0 saturated carbocycles. The van der Waals surface area contributed by atoms with Crippen LogP contribution in [0.4, 0.5) is 0 Å². The van der Waals surface area contributed by atoms with Crippen LogP contribution in [0.2, 0.25) is 10.0 Å². The standard InChI is InChI=1S/C26H18Cl2O4Si/c27-23-21(26(31)32)15-16-22(24(23)28)33(18-7-3-1-4-8-18,19-9-5-2-6-10-19)20-13-11-17(12-14-20)25(29)30/h1-16H,(H,29,30)(H,31,32). The molecule has 4 aromatic rings. The van der Waals surface area contributed by atoms with E-state index in [4.69, 9.17) is 23.2 Å². The molecule has 0 amide bonds. The zero-order valence-corrected chi connectivity index (χ0v) is 19.7. The van der Waals surface area contributed by atoms with Crippen LogP contribution in [0.5, 0.6) is 0 Å². The van der Waals surface area contributed by atoms with E-state index in [-0.39, 0.29) is 21.2 Å². The van der Waals surface area contributed by atoms with Crippen molar-refractivity contribution in [1.29, 1.82) is 0 Å². The Kier molecular flexibility index (Phi) is 6.38. The molecule has 4 nitrogen and oxygen atoms in total. The molecule has 0 aliphatic rings. The zero-order valence-electron chi connectivity index (χ0n) is 17.2. The largest absolute Gasteiger partial charge is 0.478 e. The number of carboxylic acid groups (broad SMARTS) is 2. The van der Waals surface area contributed by atoms with Gasteiger partial charge in [0.2, 0.25) is 0 Å². The molecule has 164 valence electrons. The molecule has 0 aliphatic heterocycles. The Labute approximate surface area is 201 Å². The van der Waals surface area contributed by atoms with Gasteiger partial charge in [0.25, 0.3) is 0 Å². The van der Waals surface area contributed by atoms with Crippen LogP contribution in [0.3, 0.4) is 0 Å². The molecule has 2 N–H and O–H groups in total. The van der Waals surface area contributed by atoms with Gasteiger partial charge in [-0.05, 0) is 38.9 Å². The molecule has 0 bridgehead atoms. The highest BCUT2D eigenvalue weighted by atomic mass is 35.5. The van der Waals surface area contributed by atoms with Crippen LogP contribution in [-0.2, 0) is 0 Å². The van der Waals surface area contributed by atoms with Gasteiger partial charge in [-0.2, -0.15) is 0 Å². The minimum atomic E-state index is -3.09. The number of hydrogen-bond acceptors (Lipinski definition) is 2. The van der Waals surface area contributed by atoms with E-state index in [2.05, 4.69) is 0 Å². The molecule has 7 heteroatoms. The Hall–Kier alpha value is -3.38. The molecule has 0 saturated heterocycles. The van der Waals surface area contributed by atoms with E-state index < -0.39 is 20.0 Å². The lowest BCUT2D eigenvalue weighted by molar-refractivity contribution is 0.0686. The highest BCUT2D eigenvalue weighted by Gasteiger charge is 2.43. The summed E-state index contributed by atoms with van der Waals surface area (Å²) in [7, 11) is -3.09. The van der Waals surface area contributed by atoms with Crippen LogP contribution in [0.25, 0.3) is 0 Å². The van der Waals surface area contributed by atoms with Gasteiger partial charge < -0.3 is 10.2 Å². The zero-order chi connectivity index (χ0) is 23.6. The number of carboxylic acids is 2. The van der Waals surface area contributed by atoms with Crippen molar-refractivity contribution in [2.24, 2.45) is 0 Å². The first-order valence-corrected chi connectivity index (χ1v) is 12.8. The van der Waals surface area contributed by atoms with Crippen molar-refractivity contribution in [2.45, 2.75) is 0 Å². The second-order valence-electron chi connectivity index (χ2n) is 7.46. The van der Waals surface area contributed by atoms with Crippen LogP contribution in [0, 0.1) is 0 Å². The summed E-state index contributed by atoms with van der Waals surface area (Å²) in [6.07, 6.45) is 0. The predicted molar refractivity (Wildman–Crippen MR) is 134 cm³/mol. The van der Waals surface area contributed by atoms with E-state index in [1.165, 1.54) is 6.07 Å². The maximum atomic E-state index is 11.7. The third-order valence-electron chi connectivity index (χ3n) is 5.70. The summed E-state index contributed by atoms with van der Waals surface area (Å²) in [5.74, 6) is -2.17. The molecule has 0 unspecified atom stereocenters. The lowest BCUT2D eigenvalue weighted by Crippen LogP contribution is -2.75. The fourth-order valence-electron chi connectivity index (χ4n) is 4.21. The number of halogens is 2. The Morgan fingerprint density at radius 3 is 1.52 bits per heavy atom. The molecule has 4 rings (SSSR count). The van der Waals surface area contributed by atoms with Crippen molar-refractivity contribution in [3.05, 3.63) is 118 Å². The number of aromatic carboxylic acids is 2. The molecular weight excluding hydrogens is 475 g/mol. The van der Waals surface area contributed by atoms with Crippen molar-refractivity contribution in [3.63, 3.8) is 0 Å². The fraction of sp³-hybridized carbons (Fsp3) is 0. The average molecular weight is 493 g/mol. The van der Waals surface area contributed by atoms with E-state index in [9.17, 15) is 19.8 Å². The number of benzene rings is 4. The predicted octanol–water partition coefficient (Wildman–Crippen LogP) is 3.77. The van der Waals surface area contributed by atoms with Gasteiger partial charge in [-0.25, -0.2) is 9.59 Å². The number of carbonyl (C=O) groups is 2. The van der Waals surface area contributed by atoms with E-state index in [0.717, 1.165) is 20.7 Å². The molecule has 0 aromatic heterocycles. The van der Waals surface area contributed by atoms with E-state index in [1.807, 2.05) is 72.8 Å². The third kappa shape index (κ3) is 3.95. The second-order valence-corrected chi connectivity index (χ2v) is 12.0. The van der Waals surface area contributed by atoms with Gasteiger partial charge in [0.1, 0.15) is 0 Å². The minimum absolute atomic E-state index is 0.0208. The van der Waals surface area contributed by atoms with Crippen molar-refractivity contribution >= 4 is 64.0 Å². The Morgan fingerprint density at radius 2 is 1.06 bits per heavy atom. The summed E-state index contributed by atoms with van der Waals surface area (Å²) in [4.78, 5) is 23.1. The summed E-state index contributed by atoms with van der Waals surface area (Å²) in [5.41, 5.74) is 0.101. The van der Waals surface area contributed by atoms with Crippen LogP contribution in [0.15, 0.2) is 97.1 Å². The summed E-state index contributed by atoms with van der Waals surface area (Å²) >= 11 is 13.3. The Bertz CT molecular complexity index is 1280. The highest BCUT2D eigenvalue weighted by molar-refractivity contribution is 7.20. The quantitative estimate of drug-likeness (QED) is 0.317. The Morgan fingerprint density at radius 1 is 0.576 bits per heavy atom. The highest BCUT2D eigenvalue weighted by Crippen LogP contribution is 2.27. The van der Waals surface area contributed by atoms with Gasteiger partial charge in [-0.1, -0.05) is 102 Å². The summed E-state index contributed by atoms with van der Waals surface area (Å²) < 4.78 is 0. The second kappa shape index (κ2) is 9.23. The molecule has 0 heterocycles. The molecule has 0 spiro atoms. The normalized spacial score (nSPS) is 11.2.